The maximum Gasteiger partial charge on any atom is 0.325 e. The molecule has 3 amide bonds. The van der Waals surface area contributed by atoms with E-state index in [9.17, 15) is 18.4 Å². The number of hydrogen-bond donors (Lipinski definition) is 1. The van der Waals surface area contributed by atoms with Crippen molar-refractivity contribution in [3.63, 3.8) is 0 Å². The first kappa shape index (κ1) is 18.2. The maximum absolute atomic E-state index is 14.3. The van der Waals surface area contributed by atoms with Gasteiger partial charge in [-0.25, -0.2) is 13.6 Å². The molecular formula is C20H16F2N6O2. The van der Waals surface area contributed by atoms with E-state index in [0.29, 0.717) is 22.9 Å². The highest BCUT2D eigenvalue weighted by molar-refractivity contribution is 6.02. The van der Waals surface area contributed by atoms with Crippen molar-refractivity contribution in [2.45, 2.75) is 18.8 Å². The number of fused-ring (bicyclic) bond motifs is 3. The average Bonchev–Trinajstić information content (AvgIpc) is 3.28. The Morgan fingerprint density at radius 3 is 2.50 bits per heavy atom. The van der Waals surface area contributed by atoms with Crippen LogP contribution < -0.4 is 10.2 Å². The van der Waals surface area contributed by atoms with Crippen molar-refractivity contribution in [1.29, 1.82) is 0 Å². The van der Waals surface area contributed by atoms with Crippen molar-refractivity contribution in [2.75, 3.05) is 11.9 Å². The Bertz CT molecular complexity index is 1160. The van der Waals surface area contributed by atoms with Gasteiger partial charge in [0.2, 0.25) is 5.95 Å². The lowest BCUT2D eigenvalue weighted by Gasteiger charge is -2.37. The minimum absolute atomic E-state index is 0.0604. The fourth-order valence-electron chi connectivity index (χ4n) is 3.97. The summed E-state index contributed by atoms with van der Waals surface area (Å²) in [6.07, 6.45) is -0.733. The number of imide groups is 1. The van der Waals surface area contributed by atoms with Gasteiger partial charge in [0.15, 0.2) is 11.9 Å². The zero-order chi connectivity index (χ0) is 21.0. The molecule has 3 aromatic rings. The highest BCUT2D eigenvalue weighted by atomic mass is 19.1. The highest BCUT2D eigenvalue weighted by Crippen LogP contribution is 2.41. The lowest BCUT2D eigenvalue weighted by Crippen LogP contribution is -2.61. The number of likely N-dealkylation sites (N-methyl/N-ethyl adjacent to an activating group) is 1. The number of carbonyl (C=O) groups is 2. The fraction of sp³-hybridized carbons (Fsp3) is 0.200. The number of nitrogens with zero attached hydrogens (tertiary/aromatic N) is 5. The molecule has 0 aliphatic carbocycles. The van der Waals surface area contributed by atoms with Gasteiger partial charge in [0.25, 0.3) is 5.91 Å². The molecule has 0 bridgehead atoms. The summed E-state index contributed by atoms with van der Waals surface area (Å²) in [4.78, 5) is 28.1. The second kappa shape index (κ2) is 6.61. The maximum atomic E-state index is 14.3. The number of nitrogens with one attached hydrogen (secondary N) is 1. The van der Waals surface area contributed by atoms with Crippen LogP contribution in [0.3, 0.4) is 0 Å². The largest absolute Gasteiger partial charge is 0.325 e. The number of aromatic nitrogens is 3. The standard InChI is InChI=1S/C20H16F2N6O2/c1-26-18-15(17(29)23-20(26)30)27(10-12-4-2-3-5-14(12)22)19-25-24-16(28(18)19)11-6-8-13(21)9-7-11/h2-9,15,18H,10H2,1H3,(H,23,29,30). The topological polar surface area (TPSA) is 83.4 Å². The molecule has 152 valence electrons. The summed E-state index contributed by atoms with van der Waals surface area (Å²) in [5.41, 5.74) is 0.955. The Labute approximate surface area is 169 Å². The van der Waals surface area contributed by atoms with Gasteiger partial charge in [0, 0.05) is 24.7 Å². The van der Waals surface area contributed by atoms with E-state index in [1.54, 1.807) is 46.8 Å². The summed E-state index contributed by atoms with van der Waals surface area (Å²) in [7, 11) is 1.56. The van der Waals surface area contributed by atoms with Crippen molar-refractivity contribution >= 4 is 17.9 Å². The van der Waals surface area contributed by atoms with Crippen molar-refractivity contribution in [2.24, 2.45) is 0 Å². The molecule has 2 aliphatic rings. The number of amides is 3. The molecule has 1 aromatic heterocycles. The molecular weight excluding hydrogens is 394 g/mol. The third kappa shape index (κ3) is 2.64. The first-order valence-electron chi connectivity index (χ1n) is 9.24. The van der Waals surface area contributed by atoms with Crippen LogP contribution in [0.15, 0.2) is 48.5 Å². The molecule has 1 N–H and O–H groups in total. The minimum Gasteiger partial charge on any atom is -0.320 e. The van der Waals surface area contributed by atoms with E-state index in [4.69, 9.17) is 0 Å². The number of carbonyl (C=O) groups excluding carboxylic acids is 2. The van der Waals surface area contributed by atoms with Crippen LogP contribution in [-0.2, 0) is 11.3 Å². The number of hydrogen-bond acceptors (Lipinski definition) is 5. The van der Waals surface area contributed by atoms with Crippen LogP contribution in [-0.4, -0.2) is 44.7 Å². The summed E-state index contributed by atoms with van der Waals surface area (Å²) >= 11 is 0. The van der Waals surface area contributed by atoms with Gasteiger partial charge in [-0.1, -0.05) is 18.2 Å². The van der Waals surface area contributed by atoms with Crippen LogP contribution in [0, 0.1) is 11.6 Å². The molecule has 8 nitrogen and oxygen atoms in total. The third-order valence-corrected chi connectivity index (χ3v) is 5.43. The predicted molar refractivity (Wildman–Crippen MR) is 102 cm³/mol. The van der Waals surface area contributed by atoms with Crippen LogP contribution in [0.2, 0.25) is 0 Å². The van der Waals surface area contributed by atoms with Crippen LogP contribution in [0.4, 0.5) is 19.5 Å². The monoisotopic (exact) mass is 410 g/mol. The second-order valence-electron chi connectivity index (χ2n) is 7.18. The van der Waals surface area contributed by atoms with E-state index >= 15 is 0 Å². The van der Waals surface area contributed by atoms with Crippen LogP contribution >= 0.6 is 0 Å². The Morgan fingerprint density at radius 1 is 1.03 bits per heavy atom. The molecule has 10 heteroatoms. The Hall–Kier alpha value is -3.82. The number of halogens is 2. The normalized spacial score (nSPS) is 20.2. The van der Waals surface area contributed by atoms with Gasteiger partial charge in [-0.05, 0) is 30.3 Å². The van der Waals surface area contributed by atoms with Crippen molar-refractivity contribution in [3.05, 3.63) is 65.7 Å². The molecule has 2 aromatic carbocycles. The van der Waals surface area contributed by atoms with Crippen LogP contribution in [0.1, 0.15) is 11.7 Å². The molecule has 2 unspecified atom stereocenters. The van der Waals surface area contributed by atoms with Crippen molar-refractivity contribution in [1.82, 2.24) is 25.0 Å². The quantitative estimate of drug-likeness (QED) is 0.717. The molecule has 1 fully saturated rings. The van der Waals surface area contributed by atoms with E-state index in [2.05, 4.69) is 15.5 Å². The molecule has 30 heavy (non-hydrogen) atoms. The fourth-order valence-corrected chi connectivity index (χ4v) is 3.97. The van der Waals surface area contributed by atoms with Gasteiger partial charge in [0.05, 0.1) is 0 Å². The van der Waals surface area contributed by atoms with Crippen LogP contribution in [0.5, 0.6) is 0 Å². The van der Waals surface area contributed by atoms with Gasteiger partial charge in [-0.3, -0.25) is 14.7 Å². The van der Waals surface area contributed by atoms with Crippen molar-refractivity contribution < 1.29 is 18.4 Å². The van der Waals surface area contributed by atoms with E-state index in [-0.39, 0.29) is 6.54 Å². The zero-order valence-corrected chi connectivity index (χ0v) is 15.8. The third-order valence-electron chi connectivity index (χ3n) is 5.43. The molecule has 0 radical (unpaired) electrons. The van der Waals surface area contributed by atoms with Crippen LogP contribution in [0.25, 0.3) is 11.4 Å². The lowest BCUT2D eigenvalue weighted by atomic mass is 10.1. The lowest BCUT2D eigenvalue weighted by molar-refractivity contribution is -0.124. The molecule has 2 atom stereocenters. The van der Waals surface area contributed by atoms with E-state index in [1.807, 2.05) is 0 Å². The van der Waals surface area contributed by atoms with Gasteiger partial charge in [-0.15, -0.1) is 10.2 Å². The summed E-state index contributed by atoms with van der Waals surface area (Å²) < 4.78 is 29.4. The van der Waals surface area contributed by atoms with Gasteiger partial charge < -0.3 is 9.80 Å². The SMILES string of the molecule is CN1C(=O)NC(=O)C2C1n1c(-c3ccc(F)cc3)nnc1N2Cc1ccccc1F. The molecule has 0 saturated carbocycles. The number of rotatable bonds is 3. The molecule has 2 aliphatic heterocycles. The van der Waals surface area contributed by atoms with E-state index < -0.39 is 35.8 Å². The molecule has 5 rings (SSSR count). The highest BCUT2D eigenvalue weighted by Gasteiger charge is 2.52. The summed E-state index contributed by atoms with van der Waals surface area (Å²) in [6.45, 7) is 0.0604. The zero-order valence-electron chi connectivity index (χ0n) is 15.8. The second-order valence-corrected chi connectivity index (χ2v) is 7.18. The first-order chi connectivity index (χ1) is 14.5. The summed E-state index contributed by atoms with van der Waals surface area (Å²) in [5, 5.41) is 10.8. The molecule has 3 heterocycles. The van der Waals surface area contributed by atoms with Gasteiger partial charge >= 0.3 is 6.03 Å². The number of anilines is 1. The summed E-state index contributed by atoms with van der Waals surface area (Å²) in [5.74, 6) is -0.612. The van der Waals surface area contributed by atoms with Gasteiger partial charge in [-0.2, -0.15) is 0 Å². The summed E-state index contributed by atoms with van der Waals surface area (Å²) in [6, 6.07) is 10.6. The smallest absolute Gasteiger partial charge is 0.320 e. The molecule has 1 saturated heterocycles. The van der Waals surface area contributed by atoms with Crippen molar-refractivity contribution in [3.8, 4) is 11.4 Å². The number of benzene rings is 2. The first-order valence-corrected chi connectivity index (χ1v) is 9.24. The average molecular weight is 410 g/mol. The predicted octanol–water partition coefficient (Wildman–Crippen LogP) is 2.29. The minimum atomic E-state index is -0.822. The Kier molecular flexibility index (Phi) is 4.02. The van der Waals surface area contributed by atoms with E-state index in [0.717, 1.165) is 0 Å². The van der Waals surface area contributed by atoms with Gasteiger partial charge in [0.1, 0.15) is 17.8 Å². The Morgan fingerprint density at radius 2 is 1.77 bits per heavy atom. The number of urea groups is 1. The van der Waals surface area contributed by atoms with E-state index in [1.165, 1.54) is 23.1 Å². The molecule has 0 spiro atoms. The Balaban J connectivity index is 1.65.